The van der Waals surface area contributed by atoms with Crippen LogP contribution in [-0.4, -0.2) is 19.9 Å². The number of benzene rings is 7. The fraction of sp³-hybridized carbons (Fsp3) is 0. The van der Waals surface area contributed by atoms with Crippen LogP contribution in [0.3, 0.4) is 0 Å². The second-order valence-corrected chi connectivity index (χ2v) is 11.5. The van der Waals surface area contributed by atoms with Gasteiger partial charge in [0.25, 0.3) is 0 Å². The summed E-state index contributed by atoms with van der Waals surface area (Å²) in [6.07, 6.45) is 1.76. The van der Waals surface area contributed by atoms with Crippen LogP contribution in [0.1, 0.15) is 0 Å². The highest BCUT2D eigenvalue weighted by atomic mass is 15.0. The molecule has 0 atom stereocenters. The lowest BCUT2D eigenvalue weighted by Crippen LogP contribution is -2.01. The molecule has 0 unspecified atom stereocenters. The molecule has 9 aromatic rings. The Kier molecular flexibility index (Phi) is 6.10. The highest BCUT2D eigenvalue weighted by Crippen LogP contribution is 2.42. The monoisotopic (exact) mass is 586 g/mol. The van der Waals surface area contributed by atoms with Crippen molar-refractivity contribution < 1.29 is 0 Å². The maximum Gasteiger partial charge on any atom is 0.182 e. The molecule has 0 aliphatic heterocycles. The average Bonchev–Trinajstić information content (AvgIpc) is 3.14. The summed E-state index contributed by atoms with van der Waals surface area (Å²) in [7, 11) is 0. The van der Waals surface area contributed by atoms with Crippen LogP contribution in [0.4, 0.5) is 0 Å². The Hall–Kier alpha value is -6.26. The van der Waals surface area contributed by atoms with E-state index < -0.39 is 0 Å². The van der Waals surface area contributed by atoms with Gasteiger partial charge in [-0.05, 0) is 72.4 Å². The molecule has 0 bridgehead atoms. The smallest absolute Gasteiger partial charge is 0.182 e. The van der Waals surface area contributed by atoms with Gasteiger partial charge in [-0.1, -0.05) is 133 Å². The Morgan fingerprint density at radius 2 is 0.913 bits per heavy atom. The van der Waals surface area contributed by atoms with E-state index in [4.69, 9.17) is 15.0 Å². The number of nitrogens with zero attached hydrogens (tertiary/aromatic N) is 4. The lowest BCUT2D eigenvalue weighted by Gasteiger charge is -2.16. The number of fused-ring (bicyclic) bond motifs is 7. The molecular weight excluding hydrogens is 560 g/mol. The molecule has 2 heterocycles. The first-order valence-electron chi connectivity index (χ1n) is 15.4. The Balaban J connectivity index is 1.24. The van der Waals surface area contributed by atoms with E-state index in [1.807, 2.05) is 48.5 Å². The standard InChI is InChI=1S/C42H26N4/c1-2-12-30(13-3-1)40-44-41(46-42(45-40)37-16-8-9-25-43-37)31-20-17-29(18-21-31)36-26-32-22-19-27-10-4-6-14-33(27)38(32)35-24-23-28-11-5-7-15-34(28)39(35)36/h1-26H. The maximum absolute atomic E-state index is 4.91. The van der Waals surface area contributed by atoms with E-state index in [-0.39, 0.29) is 0 Å². The Bertz CT molecular complexity index is 2500. The molecule has 0 N–H and O–H groups in total. The summed E-state index contributed by atoms with van der Waals surface area (Å²) >= 11 is 0. The van der Waals surface area contributed by atoms with Crippen molar-refractivity contribution >= 4 is 43.1 Å². The number of hydrogen-bond donors (Lipinski definition) is 0. The van der Waals surface area contributed by atoms with Crippen LogP contribution in [0.25, 0.3) is 88.5 Å². The fourth-order valence-electron chi connectivity index (χ4n) is 6.56. The third-order valence-electron chi connectivity index (χ3n) is 8.74. The van der Waals surface area contributed by atoms with Gasteiger partial charge >= 0.3 is 0 Å². The predicted molar refractivity (Wildman–Crippen MR) is 189 cm³/mol. The Morgan fingerprint density at radius 3 is 1.63 bits per heavy atom. The van der Waals surface area contributed by atoms with Crippen LogP contribution in [0, 0.1) is 0 Å². The van der Waals surface area contributed by atoms with Gasteiger partial charge in [0.15, 0.2) is 17.5 Å². The van der Waals surface area contributed by atoms with Gasteiger partial charge < -0.3 is 0 Å². The van der Waals surface area contributed by atoms with E-state index in [1.165, 1.54) is 48.7 Å². The lowest BCUT2D eigenvalue weighted by molar-refractivity contribution is 1.06. The topological polar surface area (TPSA) is 51.6 Å². The SMILES string of the molecule is c1ccc(-c2nc(-c3ccc(-c4cc5ccc6ccccc6c5c5ccc6ccccc6c45)cc3)nc(-c3ccccn3)n2)cc1. The van der Waals surface area contributed by atoms with Crippen molar-refractivity contribution in [3.8, 4) is 45.4 Å². The Labute approximate surface area is 265 Å². The molecule has 0 radical (unpaired) electrons. The van der Waals surface area contributed by atoms with Crippen molar-refractivity contribution in [2.75, 3.05) is 0 Å². The van der Waals surface area contributed by atoms with Crippen molar-refractivity contribution in [3.63, 3.8) is 0 Å². The first-order chi connectivity index (χ1) is 22.8. The van der Waals surface area contributed by atoms with Crippen molar-refractivity contribution in [1.82, 2.24) is 19.9 Å². The molecule has 0 saturated carbocycles. The predicted octanol–water partition coefficient (Wildman–Crippen LogP) is 10.5. The summed E-state index contributed by atoms with van der Waals surface area (Å²) in [4.78, 5) is 19.1. The maximum atomic E-state index is 4.91. The van der Waals surface area contributed by atoms with Crippen LogP contribution in [0.5, 0.6) is 0 Å². The largest absolute Gasteiger partial charge is 0.253 e. The zero-order valence-electron chi connectivity index (χ0n) is 24.8. The first kappa shape index (κ1) is 26.2. The molecule has 7 aromatic carbocycles. The summed E-state index contributed by atoms with van der Waals surface area (Å²) in [6.45, 7) is 0. The first-order valence-corrected chi connectivity index (χ1v) is 15.4. The highest BCUT2D eigenvalue weighted by molar-refractivity contribution is 6.28. The molecule has 0 fully saturated rings. The van der Waals surface area contributed by atoms with Gasteiger partial charge in [0.1, 0.15) is 5.69 Å². The lowest BCUT2D eigenvalue weighted by atomic mass is 9.88. The number of hydrogen-bond acceptors (Lipinski definition) is 4. The molecule has 0 saturated heterocycles. The van der Waals surface area contributed by atoms with Crippen LogP contribution in [0.15, 0.2) is 158 Å². The van der Waals surface area contributed by atoms with Gasteiger partial charge in [-0.2, -0.15) is 0 Å². The van der Waals surface area contributed by atoms with E-state index in [0.29, 0.717) is 23.2 Å². The molecule has 0 aliphatic carbocycles. The highest BCUT2D eigenvalue weighted by Gasteiger charge is 2.16. The third kappa shape index (κ3) is 4.39. The summed E-state index contributed by atoms with van der Waals surface area (Å²) in [5.41, 5.74) is 4.91. The molecule has 0 amide bonds. The normalized spacial score (nSPS) is 11.5. The zero-order chi connectivity index (χ0) is 30.5. The van der Waals surface area contributed by atoms with E-state index in [1.54, 1.807) is 6.20 Å². The van der Waals surface area contributed by atoms with Crippen molar-refractivity contribution in [3.05, 3.63) is 158 Å². The minimum atomic E-state index is 0.549. The minimum Gasteiger partial charge on any atom is -0.253 e. The van der Waals surface area contributed by atoms with E-state index in [9.17, 15) is 0 Å². The molecule has 4 heteroatoms. The zero-order valence-corrected chi connectivity index (χ0v) is 24.8. The quantitative estimate of drug-likeness (QED) is 0.193. The van der Waals surface area contributed by atoms with Crippen molar-refractivity contribution in [2.24, 2.45) is 0 Å². The summed E-state index contributed by atoms with van der Waals surface area (Å²) in [6, 6.07) is 53.1. The van der Waals surface area contributed by atoms with Crippen molar-refractivity contribution in [1.29, 1.82) is 0 Å². The van der Waals surface area contributed by atoms with Gasteiger partial charge in [0.2, 0.25) is 0 Å². The van der Waals surface area contributed by atoms with Crippen LogP contribution in [-0.2, 0) is 0 Å². The molecule has 9 rings (SSSR count). The second-order valence-electron chi connectivity index (χ2n) is 11.5. The van der Waals surface area contributed by atoms with Gasteiger partial charge in [-0.25, -0.2) is 15.0 Å². The van der Waals surface area contributed by atoms with Gasteiger partial charge in [-0.15, -0.1) is 0 Å². The van der Waals surface area contributed by atoms with Crippen molar-refractivity contribution in [2.45, 2.75) is 0 Å². The van der Waals surface area contributed by atoms with Crippen LogP contribution < -0.4 is 0 Å². The summed E-state index contributed by atoms with van der Waals surface area (Å²) in [5.74, 6) is 1.78. The molecule has 0 spiro atoms. The molecule has 46 heavy (non-hydrogen) atoms. The summed E-state index contributed by atoms with van der Waals surface area (Å²) < 4.78 is 0. The molecule has 2 aromatic heterocycles. The Morgan fingerprint density at radius 1 is 0.348 bits per heavy atom. The van der Waals surface area contributed by atoms with Gasteiger partial charge in [-0.3, -0.25) is 4.98 Å². The fourth-order valence-corrected chi connectivity index (χ4v) is 6.56. The molecule has 214 valence electrons. The third-order valence-corrected chi connectivity index (χ3v) is 8.74. The number of aromatic nitrogens is 4. The summed E-state index contributed by atoms with van der Waals surface area (Å²) in [5, 5.41) is 10.0. The van der Waals surface area contributed by atoms with Gasteiger partial charge in [0, 0.05) is 17.3 Å². The van der Waals surface area contributed by atoms with Gasteiger partial charge in [0.05, 0.1) is 0 Å². The van der Waals surface area contributed by atoms with E-state index in [0.717, 1.165) is 16.7 Å². The molecule has 4 nitrogen and oxygen atoms in total. The van der Waals surface area contributed by atoms with Crippen LogP contribution in [0.2, 0.25) is 0 Å². The number of rotatable bonds is 4. The molecular formula is C42H26N4. The number of pyridine rings is 1. The van der Waals surface area contributed by atoms with Crippen LogP contribution >= 0.6 is 0 Å². The van der Waals surface area contributed by atoms with E-state index >= 15 is 0 Å². The molecule has 0 aliphatic rings. The minimum absolute atomic E-state index is 0.549. The second kappa shape index (κ2) is 10.7. The van der Waals surface area contributed by atoms with E-state index in [2.05, 4.69) is 108 Å². The average molecular weight is 587 g/mol.